The van der Waals surface area contributed by atoms with Gasteiger partial charge in [0.25, 0.3) is 11.8 Å². The third-order valence-electron chi connectivity index (χ3n) is 6.29. The molecule has 1 saturated heterocycles. The second kappa shape index (κ2) is 10.2. The fourth-order valence-electron chi connectivity index (χ4n) is 4.23. The Morgan fingerprint density at radius 3 is 2.38 bits per heavy atom. The van der Waals surface area contributed by atoms with Crippen molar-refractivity contribution in [1.82, 2.24) is 24.9 Å². The number of H-pyrrole nitrogens is 1. The number of anilines is 3. The molecule has 14 nitrogen and oxygen atoms in total. The molecule has 5 rings (SSSR count). The molecule has 202 valence electrons. The Labute approximate surface area is 224 Å². The molecule has 4 aromatic rings. The van der Waals surface area contributed by atoms with E-state index in [0.29, 0.717) is 10.4 Å². The minimum Gasteiger partial charge on any atom is -0.477 e. The second-order valence-electron chi connectivity index (χ2n) is 9.04. The number of carbonyl (C=O) groups is 4. The number of hydrogen-bond donors (Lipinski definition) is 5. The Balaban J connectivity index is 1.49. The Bertz CT molecular complexity index is 1610. The SMILES string of the molecule is Cc1cc(C(=O)Nc2cc(N3CCN(C)CC3)ccc2C(=O)Nc2nn(C(=O)O)c3sc(C(=O)O)cc23)n[nH]1. The first kappa shape index (κ1) is 25.9. The van der Waals surface area contributed by atoms with Crippen molar-refractivity contribution in [2.75, 3.05) is 48.8 Å². The molecule has 0 radical (unpaired) electrons. The maximum absolute atomic E-state index is 13.4. The Hall–Kier alpha value is -4.76. The van der Waals surface area contributed by atoms with Crippen molar-refractivity contribution in [3.63, 3.8) is 0 Å². The van der Waals surface area contributed by atoms with Gasteiger partial charge in [-0.3, -0.25) is 14.7 Å². The number of carboxylic acid groups (broad SMARTS) is 2. The molecular weight excluding hydrogens is 528 g/mol. The molecule has 0 spiro atoms. The summed E-state index contributed by atoms with van der Waals surface area (Å²) in [6, 6.07) is 7.87. The van der Waals surface area contributed by atoms with Crippen molar-refractivity contribution in [2.45, 2.75) is 6.92 Å². The Morgan fingerprint density at radius 2 is 1.74 bits per heavy atom. The summed E-state index contributed by atoms with van der Waals surface area (Å²) in [5.41, 5.74) is 1.97. The molecule has 1 aliphatic rings. The van der Waals surface area contributed by atoms with E-state index < -0.39 is 23.9 Å². The van der Waals surface area contributed by atoms with Crippen LogP contribution >= 0.6 is 11.3 Å². The number of thiophene rings is 1. The lowest BCUT2D eigenvalue weighted by molar-refractivity contribution is 0.0701. The van der Waals surface area contributed by atoms with Gasteiger partial charge in [0, 0.05) is 37.6 Å². The van der Waals surface area contributed by atoms with Crippen LogP contribution in [0.15, 0.2) is 30.3 Å². The Morgan fingerprint density at radius 1 is 1.00 bits per heavy atom. The minimum absolute atomic E-state index is 0.0584. The number of nitrogens with zero attached hydrogens (tertiary/aromatic N) is 5. The molecule has 0 atom stereocenters. The number of amides is 2. The highest BCUT2D eigenvalue weighted by Crippen LogP contribution is 2.33. The van der Waals surface area contributed by atoms with E-state index in [4.69, 9.17) is 0 Å². The number of aryl methyl sites for hydroxylation is 1. The number of carbonyl (C=O) groups excluding carboxylic acids is 2. The molecule has 0 saturated carbocycles. The van der Waals surface area contributed by atoms with Gasteiger partial charge in [0.1, 0.15) is 9.71 Å². The van der Waals surface area contributed by atoms with Gasteiger partial charge in [0.15, 0.2) is 11.5 Å². The molecular formula is C24H24N8O6S. The first-order valence-electron chi connectivity index (χ1n) is 11.8. The zero-order chi connectivity index (χ0) is 27.8. The van der Waals surface area contributed by atoms with Gasteiger partial charge in [-0.25, -0.2) is 9.59 Å². The largest absolute Gasteiger partial charge is 0.477 e. The van der Waals surface area contributed by atoms with Crippen LogP contribution in [0.4, 0.5) is 22.0 Å². The average Bonchev–Trinajstić information content (AvgIpc) is 3.60. The highest BCUT2D eigenvalue weighted by Gasteiger charge is 2.24. The summed E-state index contributed by atoms with van der Waals surface area (Å²) in [7, 11) is 2.04. The molecule has 3 aromatic heterocycles. The molecule has 0 bridgehead atoms. The van der Waals surface area contributed by atoms with E-state index in [1.807, 2.05) is 7.05 Å². The zero-order valence-electron chi connectivity index (χ0n) is 20.9. The highest BCUT2D eigenvalue weighted by molar-refractivity contribution is 7.20. The topological polar surface area (TPSA) is 186 Å². The lowest BCUT2D eigenvalue weighted by Crippen LogP contribution is -2.44. The van der Waals surface area contributed by atoms with Crippen LogP contribution in [0.2, 0.25) is 0 Å². The van der Waals surface area contributed by atoms with Crippen LogP contribution in [-0.2, 0) is 0 Å². The van der Waals surface area contributed by atoms with E-state index in [9.17, 15) is 29.4 Å². The maximum atomic E-state index is 13.4. The quantitative estimate of drug-likeness (QED) is 0.238. The van der Waals surface area contributed by atoms with Crippen LogP contribution in [-0.4, -0.2) is 92.2 Å². The molecule has 0 aliphatic carbocycles. The number of likely N-dealkylation sites (N-methyl/N-ethyl adjacent to an activating group) is 1. The average molecular weight is 553 g/mol. The summed E-state index contributed by atoms with van der Waals surface area (Å²) in [6.07, 6.45) is -1.43. The summed E-state index contributed by atoms with van der Waals surface area (Å²) in [5, 5.41) is 35.0. The van der Waals surface area contributed by atoms with Gasteiger partial charge in [-0.2, -0.15) is 9.78 Å². The molecule has 4 heterocycles. The fourth-order valence-corrected chi connectivity index (χ4v) is 5.17. The molecule has 39 heavy (non-hydrogen) atoms. The standard InChI is InChI=1S/C24H24N8O6S/c1-12-9-17(28-27-12)21(34)25-16-10-13(31-7-5-30(2)6-8-31)3-4-14(16)20(33)26-19-15-11-18(23(35)36)39-22(15)32(29-19)24(37)38/h3-4,9-11H,5-8H2,1-2H3,(H,25,34)(H,27,28)(H,35,36)(H,37,38)(H,26,29,33). The molecule has 2 amide bonds. The molecule has 1 aromatic carbocycles. The highest BCUT2D eigenvalue weighted by atomic mass is 32.1. The lowest BCUT2D eigenvalue weighted by Gasteiger charge is -2.34. The van der Waals surface area contributed by atoms with Gasteiger partial charge in [0.05, 0.1) is 16.6 Å². The molecule has 1 aliphatic heterocycles. The zero-order valence-corrected chi connectivity index (χ0v) is 21.7. The van der Waals surface area contributed by atoms with E-state index in [2.05, 4.69) is 35.7 Å². The fraction of sp³-hybridized carbons (Fsp3) is 0.250. The first-order valence-corrected chi connectivity index (χ1v) is 12.6. The number of fused-ring (bicyclic) bond motifs is 1. The van der Waals surface area contributed by atoms with Gasteiger partial charge >= 0.3 is 12.1 Å². The number of carboxylic acids is 1. The van der Waals surface area contributed by atoms with E-state index in [1.165, 1.54) is 6.07 Å². The number of aromatic nitrogens is 4. The van der Waals surface area contributed by atoms with Crippen molar-refractivity contribution >= 4 is 62.6 Å². The number of nitrogens with one attached hydrogen (secondary N) is 3. The summed E-state index contributed by atoms with van der Waals surface area (Å²) in [4.78, 5) is 53.8. The second-order valence-corrected chi connectivity index (χ2v) is 10.1. The number of benzene rings is 1. The van der Waals surface area contributed by atoms with Crippen molar-refractivity contribution < 1.29 is 29.4 Å². The van der Waals surface area contributed by atoms with Crippen LogP contribution in [0, 0.1) is 6.92 Å². The van der Waals surface area contributed by atoms with Gasteiger partial charge in [-0.15, -0.1) is 16.4 Å². The van der Waals surface area contributed by atoms with E-state index >= 15 is 0 Å². The smallest absolute Gasteiger partial charge is 0.433 e. The number of aromatic carboxylic acids is 1. The third kappa shape index (κ3) is 5.17. The van der Waals surface area contributed by atoms with Crippen molar-refractivity contribution in [3.05, 3.63) is 52.2 Å². The van der Waals surface area contributed by atoms with Crippen molar-refractivity contribution in [3.8, 4) is 0 Å². The van der Waals surface area contributed by atoms with Gasteiger partial charge in [0.2, 0.25) is 0 Å². The van der Waals surface area contributed by atoms with Gasteiger partial charge < -0.3 is 30.6 Å². The van der Waals surface area contributed by atoms with Crippen LogP contribution in [0.3, 0.4) is 0 Å². The van der Waals surface area contributed by atoms with Crippen molar-refractivity contribution in [1.29, 1.82) is 0 Å². The van der Waals surface area contributed by atoms with E-state index in [-0.39, 0.29) is 37.9 Å². The minimum atomic E-state index is -1.43. The maximum Gasteiger partial charge on any atom is 0.433 e. The Kier molecular flexibility index (Phi) is 6.76. The number of aromatic amines is 1. The predicted molar refractivity (Wildman–Crippen MR) is 143 cm³/mol. The number of piperazine rings is 1. The lowest BCUT2D eigenvalue weighted by atomic mass is 10.1. The predicted octanol–water partition coefficient (Wildman–Crippen LogP) is 2.61. The van der Waals surface area contributed by atoms with Crippen LogP contribution in [0.25, 0.3) is 10.2 Å². The van der Waals surface area contributed by atoms with Crippen LogP contribution in [0.5, 0.6) is 0 Å². The van der Waals surface area contributed by atoms with Gasteiger partial charge in [-0.1, -0.05) is 0 Å². The third-order valence-corrected chi connectivity index (χ3v) is 7.39. The number of rotatable bonds is 6. The van der Waals surface area contributed by atoms with E-state index in [1.54, 1.807) is 31.2 Å². The molecule has 0 unspecified atom stereocenters. The number of hydrogen-bond acceptors (Lipinski definition) is 9. The van der Waals surface area contributed by atoms with Crippen molar-refractivity contribution in [2.24, 2.45) is 0 Å². The summed E-state index contributed by atoms with van der Waals surface area (Å²) in [6.45, 7) is 5.01. The summed E-state index contributed by atoms with van der Waals surface area (Å²) in [5.74, 6) is -2.55. The summed E-state index contributed by atoms with van der Waals surface area (Å²) >= 11 is 0.726. The normalized spacial score (nSPS) is 13.9. The summed E-state index contributed by atoms with van der Waals surface area (Å²) < 4.78 is 0.612. The van der Waals surface area contributed by atoms with Crippen LogP contribution < -0.4 is 15.5 Å². The molecule has 1 fully saturated rings. The van der Waals surface area contributed by atoms with Gasteiger partial charge in [-0.05, 0) is 44.3 Å². The van der Waals surface area contributed by atoms with E-state index in [0.717, 1.165) is 43.2 Å². The molecule has 15 heteroatoms. The molecule has 5 N–H and O–H groups in total. The first-order chi connectivity index (χ1) is 18.6. The van der Waals surface area contributed by atoms with Crippen LogP contribution in [0.1, 0.15) is 36.2 Å². The monoisotopic (exact) mass is 552 g/mol.